The molecule has 90 valence electrons. The Bertz CT molecular complexity index is 205. The van der Waals surface area contributed by atoms with Crippen LogP contribution in [0.3, 0.4) is 0 Å². The van der Waals surface area contributed by atoms with Gasteiger partial charge in [-0.3, -0.25) is 4.90 Å². The van der Waals surface area contributed by atoms with E-state index >= 15 is 0 Å². The Hall–Kier alpha value is -0.190. The van der Waals surface area contributed by atoms with Gasteiger partial charge in [0.1, 0.15) is 0 Å². The maximum absolute atomic E-state index is 8.93. The minimum absolute atomic E-state index is 0.0993. The van der Waals surface area contributed by atoms with Crippen LogP contribution in [0.5, 0.6) is 0 Å². The van der Waals surface area contributed by atoms with Crippen LogP contribution in [-0.2, 0) is 0 Å². The van der Waals surface area contributed by atoms with Gasteiger partial charge in [-0.2, -0.15) is 0 Å². The molecule has 0 spiro atoms. The average Bonchev–Trinajstić information content (AvgIpc) is 2.11. The molecular formula is C11H24N2OS. The Kier molecular flexibility index (Phi) is 6.32. The van der Waals surface area contributed by atoms with Gasteiger partial charge in [0.05, 0.1) is 11.6 Å². The molecule has 0 atom stereocenters. The van der Waals surface area contributed by atoms with E-state index in [9.17, 15) is 0 Å². The Labute approximate surface area is 98.6 Å². The lowest BCUT2D eigenvalue weighted by atomic mass is 9.89. The normalized spacial score (nSPS) is 12.5. The molecule has 4 heteroatoms. The van der Waals surface area contributed by atoms with Gasteiger partial charge < -0.3 is 10.8 Å². The molecular weight excluding hydrogens is 208 g/mol. The molecule has 0 amide bonds. The van der Waals surface area contributed by atoms with E-state index in [-0.39, 0.29) is 12.0 Å². The van der Waals surface area contributed by atoms with Gasteiger partial charge in [-0.1, -0.05) is 26.1 Å². The lowest BCUT2D eigenvalue weighted by molar-refractivity contribution is 0.155. The van der Waals surface area contributed by atoms with E-state index < -0.39 is 0 Å². The van der Waals surface area contributed by atoms with Crippen molar-refractivity contribution in [2.75, 3.05) is 19.7 Å². The zero-order valence-corrected chi connectivity index (χ0v) is 11.1. The maximum Gasteiger partial charge on any atom is 0.0784 e. The van der Waals surface area contributed by atoms with Gasteiger partial charge in [-0.05, 0) is 26.8 Å². The van der Waals surface area contributed by atoms with E-state index in [1.807, 2.05) is 0 Å². The molecule has 15 heavy (non-hydrogen) atoms. The topological polar surface area (TPSA) is 49.5 Å². The summed E-state index contributed by atoms with van der Waals surface area (Å²) in [6, 6.07) is 0.444. The summed E-state index contributed by atoms with van der Waals surface area (Å²) in [5, 5.41) is 8.93. The predicted octanol–water partition coefficient (Wildman–Crippen LogP) is 1.39. The van der Waals surface area contributed by atoms with Gasteiger partial charge >= 0.3 is 0 Å². The van der Waals surface area contributed by atoms with Crippen LogP contribution in [0.1, 0.15) is 34.1 Å². The Balaban J connectivity index is 4.15. The first-order chi connectivity index (χ1) is 6.81. The summed E-state index contributed by atoms with van der Waals surface area (Å²) in [7, 11) is 0. The van der Waals surface area contributed by atoms with Gasteiger partial charge in [0.15, 0.2) is 0 Å². The van der Waals surface area contributed by atoms with E-state index in [0.29, 0.717) is 17.6 Å². The third-order valence-electron chi connectivity index (χ3n) is 2.81. The third kappa shape index (κ3) is 5.44. The minimum atomic E-state index is -0.0993. The van der Waals surface area contributed by atoms with Crippen molar-refractivity contribution >= 4 is 17.2 Å². The molecule has 0 aliphatic heterocycles. The fraction of sp³-hybridized carbons (Fsp3) is 0.909. The number of nitrogens with zero attached hydrogens (tertiary/aromatic N) is 1. The summed E-state index contributed by atoms with van der Waals surface area (Å²) in [6.45, 7) is 10.2. The lowest BCUT2D eigenvalue weighted by Gasteiger charge is -2.30. The number of nitrogens with two attached hydrogens (primary N) is 1. The Morgan fingerprint density at radius 3 is 2.27 bits per heavy atom. The molecule has 0 heterocycles. The van der Waals surface area contributed by atoms with Crippen molar-refractivity contribution in [2.24, 2.45) is 11.1 Å². The first kappa shape index (κ1) is 14.8. The van der Waals surface area contributed by atoms with E-state index in [4.69, 9.17) is 23.1 Å². The molecule has 0 aliphatic carbocycles. The lowest BCUT2D eigenvalue weighted by Crippen LogP contribution is -2.39. The van der Waals surface area contributed by atoms with Gasteiger partial charge in [0.25, 0.3) is 0 Å². The monoisotopic (exact) mass is 232 g/mol. The molecule has 0 aliphatic rings. The highest BCUT2D eigenvalue weighted by Gasteiger charge is 2.22. The molecule has 0 bridgehead atoms. The second-order valence-corrected chi connectivity index (χ2v) is 5.29. The quantitative estimate of drug-likeness (QED) is 0.651. The molecule has 0 fully saturated rings. The number of aliphatic hydroxyl groups is 1. The van der Waals surface area contributed by atoms with E-state index in [0.717, 1.165) is 13.0 Å². The van der Waals surface area contributed by atoms with E-state index in [1.54, 1.807) is 0 Å². The molecule has 0 aromatic rings. The summed E-state index contributed by atoms with van der Waals surface area (Å²) in [5.74, 6) is 0. The SMILES string of the molecule is CC(C)N(CCO)CCC(C)(C)C(N)=S. The van der Waals surface area contributed by atoms with Gasteiger partial charge in [-0.25, -0.2) is 0 Å². The van der Waals surface area contributed by atoms with Crippen molar-refractivity contribution in [3.05, 3.63) is 0 Å². The van der Waals surface area contributed by atoms with Gasteiger partial charge in [-0.15, -0.1) is 0 Å². The van der Waals surface area contributed by atoms with Crippen LogP contribution in [0.15, 0.2) is 0 Å². The van der Waals surface area contributed by atoms with Crippen molar-refractivity contribution in [3.63, 3.8) is 0 Å². The highest BCUT2D eigenvalue weighted by Crippen LogP contribution is 2.21. The molecule has 0 saturated heterocycles. The molecule has 0 unspecified atom stereocenters. The zero-order valence-electron chi connectivity index (χ0n) is 10.3. The van der Waals surface area contributed by atoms with Crippen molar-refractivity contribution < 1.29 is 5.11 Å². The summed E-state index contributed by atoms with van der Waals surface area (Å²) in [4.78, 5) is 2.80. The molecule has 0 radical (unpaired) electrons. The third-order valence-corrected chi connectivity index (χ3v) is 3.36. The van der Waals surface area contributed by atoms with Crippen LogP contribution in [0.25, 0.3) is 0 Å². The standard InChI is InChI=1S/C11H24N2OS/c1-9(2)13(7-8-14)6-5-11(3,4)10(12)15/h9,14H,5-8H2,1-4H3,(H2,12,15). The molecule has 3 N–H and O–H groups in total. The predicted molar refractivity (Wildman–Crippen MR) is 69.0 cm³/mol. The minimum Gasteiger partial charge on any atom is -0.395 e. The fourth-order valence-corrected chi connectivity index (χ4v) is 1.41. The van der Waals surface area contributed by atoms with Crippen molar-refractivity contribution in [1.29, 1.82) is 0 Å². The zero-order chi connectivity index (χ0) is 12.1. The highest BCUT2D eigenvalue weighted by molar-refractivity contribution is 7.80. The van der Waals surface area contributed by atoms with Crippen LogP contribution in [0, 0.1) is 5.41 Å². The second kappa shape index (κ2) is 6.40. The van der Waals surface area contributed by atoms with Gasteiger partial charge in [0.2, 0.25) is 0 Å². The first-order valence-corrected chi connectivity index (χ1v) is 5.87. The smallest absolute Gasteiger partial charge is 0.0784 e. The van der Waals surface area contributed by atoms with E-state index in [2.05, 4.69) is 32.6 Å². The summed E-state index contributed by atoms with van der Waals surface area (Å²) < 4.78 is 0. The van der Waals surface area contributed by atoms with Crippen LogP contribution in [-0.4, -0.2) is 40.7 Å². The number of thiocarbonyl (C=S) groups is 1. The summed E-state index contributed by atoms with van der Waals surface area (Å²) in [6.07, 6.45) is 0.931. The summed E-state index contributed by atoms with van der Waals surface area (Å²) >= 11 is 5.02. The number of rotatable bonds is 7. The number of hydrogen-bond donors (Lipinski definition) is 2. The number of aliphatic hydroxyl groups excluding tert-OH is 1. The second-order valence-electron chi connectivity index (χ2n) is 4.85. The molecule has 0 aromatic carbocycles. The summed E-state index contributed by atoms with van der Waals surface area (Å²) in [5.41, 5.74) is 5.57. The largest absolute Gasteiger partial charge is 0.395 e. The van der Waals surface area contributed by atoms with Crippen LogP contribution in [0.2, 0.25) is 0 Å². The Morgan fingerprint density at radius 1 is 1.40 bits per heavy atom. The fourth-order valence-electron chi connectivity index (χ4n) is 1.30. The maximum atomic E-state index is 8.93. The van der Waals surface area contributed by atoms with Gasteiger partial charge in [0, 0.05) is 18.0 Å². The van der Waals surface area contributed by atoms with E-state index in [1.165, 1.54) is 0 Å². The molecule has 3 nitrogen and oxygen atoms in total. The van der Waals surface area contributed by atoms with Crippen LogP contribution >= 0.6 is 12.2 Å². The molecule has 0 saturated carbocycles. The van der Waals surface area contributed by atoms with Crippen LogP contribution < -0.4 is 5.73 Å². The Morgan fingerprint density at radius 2 is 1.93 bits per heavy atom. The highest BCUT2D eigenvalue weighted by atomic mass is 32.1. The van der Waals surface area contributed by atoms with Crippen molar-refractivity contribution in [1.82, 2.24) is 4.90 Å². The number of hydrogen-bond acceptors (Lipinski definition) is 3. The van der Waals surface area contributed by atoms with Crippen molar-refractivity contribution in [3.8, 4) is 0 Å². The average molecular weight is 232 g/mol. The van der Waals surface area contributed by atoms with Crippen LogP contribution in [0.4, 0.5) is 0 Å². The molecule has 0 rings (SSSR count). The first-order valence-electron chi connectivity index (χ1n) is 5.46. The molecule has 0 aromatic heterocycles. The van der Waals surface area contributed by atoms with Crippen molar-refractivity contribution in [2.45, 2.75) is 40.2 Å².